The maximum absolute atomic E-state index is 13.5. The molecule has 1 atom stereocenters. The average Bonchev–Trinajstić information content (AvgIpc) is 3.37. The van der Waals surface area contributed by atoms with Crippen molar-refractivity contribution in [2.45, 2.75) is 90.2 Å². The Morgan fingerprint density at radius 1 is 1.18 bits per heavy atom. The molecule has 2 aliphatic heterocycles. The van der Waals surface area contributed by atoms with Gasteiger partial charge in [0.15, 0.2) is 12.4 Å². The van der Waals surface area contributed by atoms with Crippen molar-refractivity contribution in [2.75, 3.05) is 26.4 Å². The van der Waals surface area contributed by atoms with Crippen molar-refractivity contribution >= 4 is 16.9 Å². The Morgan fingerprint density at radius 3 is 2.80 bits per heavy atom. The third kappa shape index (κ3) is 6.44. The number of hydrogen-bond acceptors (Lipinski definition) is 8. The Morgan fingerprint density at radius 2 is 2.00 bits per heavy atom. The van der Waals surface area contributed by atoms with Gasteiger partial charge >= 0.3 is 5.97 Å². The maximum atomic E-state index is 13.5. The normalized spacial score (nSPS) is 18.2. The molecule has 9 nitrogen and oxygen atoms in total. The molecule has 0 amide bonds. The van der Waals surface area contributed by atoms with Gasteiger partial charge in [-0.2, -0.15) is 0 Å². The quantitative estimate of drug-likeness (QED) is 0.181. The van der Waals surface area contributed by atoms with Crippen LogP contribution in [0, 0.1) is 12.7 Å². The first-order valence-corrected chi connectivity index (χ1v) is 14.6. The number of carbonyl (C=O) groups excluding carboxylic acids is 1. The van der Waals surface area contributed by atoms with E-state index in [1.165, 1.54) is 12.1 Å². The SMILES string of the molecule is CCCCCC(=O)OCOC1CCCn2c1nc(C)c(CCN1CCC(c3noc4cc(F)ccc34)CC1)c2=O. The van der Waals surface area contributed by atoms with E-state index in [2.05, 4.69) is 17.0 Å². The summed E-state index contributed by atoms with van der Waals surface area (Å²) >= 11 is 0. The monoisotopic (exact) mass is 554 g/mol. The Labute approximate surface area is 233 Å². The second-order valence-corrected chi connectivity index (χ2v) is 11.0. The van der Waals surface area contributed by atoms with Crippen molar-refractivity contribution in [3.63, 3.8) is 0 Å². The standard InChI is InChI=1S/C30H39FN4O5/c1-3-4-5-8-27(36)39-19-38-25-7-6-14-35-29(25)32-20(2)23(30(35)37)13-17-34-15-11-21(12-16-34)28-24-10-9-22(31)18-26(24)40-33-28/h9-10,18,21,25H,3-8,11-17,19H2,1-2H3. The molecule has 1 saturated heterocycles. The van der Waals surface area contributed by atoms with Crippen molar-refractivity contribution in [3.8, 4) is 0 Å². The van der Waals surface area contributed by atoms with Gasteiger partial charge in [0.25, 0.3) is 5.56 Å². The number of unbranched alkanes of at least 4 members (excludes halogenated alkanes) is 2. The van der Waals surface area contributed by atoms with Gasteiger partial charge in [-0.25, -0.2) is 9.37 Å². The lowest BCUT2D eigenvalue weighted by atomic mass is 9.91. The molecule has 0 aliphatic carbocycles. The zero-order chi connectivity index (χ0) is 28.1. The summed E-state index contributed by atoms with van der Waals surface area (Å²) in [7, 11) is 0. The van der Waals surface area contributed by atoms with Crippen LogP contribution in [0.1, 0.15) is 93.1 Å². The number of fused-ring (bicyclic) bond motifs is 2. The molecule has 10 heteroatoms. The molecule has 4 heterocycles. The van der Waals surface area contributed by atoms with Crippen molar-refractivity contribution in [2.24, 2.45) is 0 Å². The first-order valence-electron chi connectivity index (χ1n) is 14.6. The van der Waals surface area contributed by atoms with Crippen LogP contribution >= 0.6 is 0 Å². The van der Waals surface area contributed by atoms with E-state index in [1.54, 1.807) is 10.6 Å². The van der Waals surface area contributed by atoms with Gasteiger partial charge in [-0.1, -0.05) is 24.9 Å². The number of carbonyl (C=O) groups is 1. The molecule has 0 radical (unpaired) electrons. The van der Waals surface area contributed by atoms with Gasteiger partial charge in [-0.15, -0.1) is 0 Å². The van der Waals surface area contributed by atoms with Gasteiger partial charge in [0.05, 0.1) is 5.69 Å². The first kappa shape index (κ1) is 28.4. The summed E-state index contributed by atoms with van der Waals surface area (Å²) in [6.07, 6.45) is 6.96. The summed E-state index contributed by atoms with van der Waals surface area (Å²) in [5.74, 6) is 0.317. The highest BCUT2D eigenvalue weighted by molar-refractivity contribution is 5.79. The fraction of sp³-hybridized carbons (Fsp3) is 0.600. The molecule has 1 unspecified atom stereocenters. The van der Waals surface area contributed by atoms with Crippen molar-refractivity contribution in [3.05, 3.63) is 57.1 Å². The highest BCUT2D eigenvalue weighted by atomic mass is 19.1. The average molecular weight is 555 g/mol. The molecule has 0 bridgehead atoms. The molecule has 5 rings (SSSR count). The van der Waals surface area contributed by atoms with E-state index in [9.17, 15) is 14.0 Å². The number of aryl methyl sites for hydroxylation is 1. The number of rotatable bonds is 11. The third-order valence-corrected chi connectivity index (χ3v) is 8.22. The second kappa shape index (κ2) is 13.0. The summed E-state index contributed by atoms with van der Waals surface area (Å²) in [5, 5.41) is 5.13. The van der Waals surface area contributed by atoms with E-state index >= 15 is 0 Å². The van der Waals surface area contributed by atoms with Crippen LogP contribution < -0.4 is 5.56 Å². The summed E-state index contributed by atoms with van der Waals surface area (Å²) in [5.41, 5.74) is 2.89. The van der Waals surface area contributed by atoms with Crippen LogP contribution in [0.4, 0.5) is 4.39 Å². The zero-order valence-corrected chi connectivity index (χ0v) is 23.5. The minimum absolute atomic E-state index is 0.00328. The molecule has 2 aromatic heterocycles. The Kier molecular flexibility index (Phi) is 9.26. The number of hydrogen-bond donors (Lipinski definition) is 0. The third-order valence-electron chi connectivity index (χ3n) is 8.22. The van der Waals surface area contributed by atoms with Gasteiger partial charge in [0.1, 0.15) is 17.7 Å². The zero-order valence-electron chi connectivity index (χ0n) is 23.5. The van der Waals surface area contributed by atoms with Crippen LogP contribution in [0.2, 0.25) is 0 Å². The fourth-order valence-electron chi connectivity index (χ4n) is 5.89. The molecular formula is C30H39FN4O5. The van der Waals surface area contributed by atoms with Crippen molar-refractivity contribution in [1.82, 2.24) is 19.6 Å². The van der Waals surface area contributed by atoms with Gasteiger partial charge in [-0.05, 0) is 70.7 Å². The number of ether oxygens (including phenoxy) is 2. The van der Waals surface area contributed by atoms with Crippen LogP contribution in [-0.4, -0.2) is 52.0 Å². The first-order chi connectivity index (χ1) is 19.4. The van der Waals surface area contributed by atoms with Crippen molar-refractivity contribution in [1.29, 1.82) is 0 Å². The highest BCUT2D eigenvalue weighted by Gasteiger charge is 2.28. The van der Waals surface area contributed by atoms with Crippen molar-refractivity contribution < 1.29 is 23.2 Å². The Bertz CT molecular complexity index is 1380. The maximum Gasteiger partial charge on any atom is 0.307 e. The Balaban J connectivity index is 1.15. The predicted molar refractivity (Wildman–Crippen MR) is 147 cm³/mol. The number of likely N-dealkylation sites (tertiary alicyclic amines) is 1. The number of nitrogens with zero attached hydrogens (tertiary/aromatic N) is 4. The number of esters is 1. The van der Waals surface area contributed by atoms with Crippen LogP contribution in [0.5, 0.6) is 0 Å². The Hall–Kier alpha value is -3.11. The summed E-state index contributed by atoms with van der Waals surface area (Å²) in [6, 6.07) is 4.58. The smallest absolute Gasteiger partial charge is 0.307 e. The molecule has 0 N–H and O–H groups in total. The number of aromatic nitrogens is 3. The minimum Gasteiger partial charge on any atom is -0.438 e. The molecule has 3 aromatic rings. The topological polar surface area (TPSA) is 99.7 Å². The van der Waals surface area contributed by atoms with Crippen LogP contribution in [0.15, 0.2) is 27.5 Å². The van der Waals surface area contributed by atoms with E-state index in [4.69, 9.17) is 19.0 Å². The van der Waals surface area contributed by atoms with Gasteiger partial charge in [0.2, 0.25) is 0 Å². The number of benzene rings is 1. The molecule has 1 aromatic carbocycles. The summed E-state index contributed by atoms with van der Waals surface area (Å²) in [6.45, 7) is 7.05. The minimum atomic E-state index is -0.360. The van der Waals surface area contributed by atoms with E-state index in [-0.39, 0.29) is 36.2 Å². The van der Waals surface area contributed by atoms with Gasteiger partial charge < -0.3 is 18.9 Å². The lowest BCUT2D eigenvalue weighted by Crippen LogP contribution is -2.38. The van der Waals surface area contributed by atoms with Gasteiger partial charge in [0, 0.05) is 48.1 Å². The second-order valence-electron chi connectivity index (χ2n) is 11.0. The molecule has 1 fully saturated rings. The van der Waals surface area contributed by atoms with E-state index in [1.807, 2.05) is 6.92 Å². The van der Waals surface area contributed by atoms with Gasteiger partial charge in [-0.3, -0.25) is 14.2 Å². The molecule has 40 heavy (non-hydrogen) atoms. The summed E-state index contributed by atoms with van der Waals surface area (Å²) in [4.78, 5) is 32.5. The molecule has 216 valence electrons. The van der Waals surface area contributed by atoms with E-state index in [0.29, 0.717) is 30.8 Å². The lowest BCUT2D eigenvalue weighted by molar-refractivity contribution is -0.163. The van der Waals surface area contributed by atoms with E-state index < -0.39 is 0 Å². The number of halogens is 1. The molecular weight excluding hydrogens is 515 g/mol. The molecule has 0 spiro atoms. The van der Waals surface area contributed by atoms with Crippen LogP contribution in [-0.2, 0) is 27.2 Å². The number of piperidine rings is 1. The predicted octanol–water partition coefficient (Wildman–Crippen LogP) is 5.19. The molecule has 0 saturated carbocycles. The van der Waals surface area contributed by atoms with Crippen LogP contribution in [0.3, 0.4) is 0 Å². The largest absolute Gasteiger partial charge is 0.438 e. The highest BCUT2D eigenvalue weighted by Crippen LogP contribution is 2.33. The van der Waals surface area contributed by atoms with Crippen LogP contribution in [0.25, 0.3) is 11.0 Å². The molecule has 2 aliphatic rings. The fourth-order valence-corrected chi connectivity index (χ4v) is 5.89. The van der Waals surface area contributed by atoms with E-state index in [0.717, 1.165) is 86.9 Å². The summed E-state index contributed by atoms with van der Waals surface area (Å²) < 4.78 is 31.7. The lowest BCUT2D eigenvalue weighted by Gasteiger charge is -2.31.